The molecule has 0 fully saturated rings. The van der Waals surface area contributed by atoms with Gasteiger partial charge in [-0.3, -0.25) is 9.79 Å². The van der Waals surface area contributed by atoms with Gasteiger partial charge in [0.1, 0.15) is 0 Å². The maximum absolute atomic E-state index is 13.6. The summed E-state index contributed by atoms with van der Waals surface area (Å²) in [5.41, 5.74) is 5.06. The Kier molecular flexibility index (Phi) is 5.53. The van der Waals surface area contributed by atoms with E-state index in [1.807, 2.05) is 66.7 Å². The van der Waals surface area contributed by atoms with Crippen LogP contribution in [-0.2, 0) is 11.2 Å². The second-order valence-corrected chi connectivity index (χ2v) is 7.98. The molecule has 3 aromatic rings. The summed E-state index contributed by atoms with van der Waals surface area (Å²) in [6.07, 6.45) is 2.01. The monoisotopic (exact) mass is 411 g/mol. The van der Waals surface area contributed by atoms with E-state index in [0.29, 0.717) is 26.2 Å². The number of carbonyl (C=O) groups excluding carboxylic acids is 1. The van der Waals surface area contributed by atoms with Crippen molar-refractivity contribution in [3.63, 3.8) is 0 Å². The average Bonchev–Trinajstić information content (AvgIpc) is 3.04. The predicted octanol–water partition coefficient (Wildman–Crippen LogP) is 4.98. The molecule has 0 aliphatic carbocycles. The summed E-state index contributed by atoms with van der Waals surface area (Å²) in [5, 5.41) is 0. The third-order valence-electron chi connectivity index (χ3n) is 5.90. The standard InChI is InChI=1S/C27H25NO3/c29-24(27(19-8-3-1-4-9-19)20-10-5-2-6-11-20)18-23-22-17-26-25(30-14-7-15-31-26)16-21(22)12-13-28-23/h1-6,8-11,16-17,27H,7,12-15,18H2. The van der Waals surface area contributed by atoms with Crippen molar-refractivity contribution >= 4 is 11.5 Å². The van der Waals surface area contributed by atoms with E-state index in [4.69, 9.17) is 14.5 Å². The lowest BCUT2D eigenvalue weighted by Gasteiger charge is -2.22. The SMILES string of the molecule is O=C(CC1=NCCc2cc3c(cc21)OCCCO3)C(c1ccccc1)c1ccccc1. The van der Waals surface area contributed by atoms with E-state index >= 15 is 0 Å². The van der Waals surface area contributed by atoms with Crippen molar-refractivity contribution in [1.29, 1.82) is 0 Å². The van der Waals surface area contributed by atoms with Crippen molar-refractivity contribution in [2.45, 2.75) is 25.2 Å². The summed E-state index contributed by atoms with van der Waals surface area (Å²) in [6.45, 7) is 2.00. The Balaban J connectivity index is 1.47. The van der Waals surface area contributed by atoms with Crippen LogP contribution < -0.4 is 9.47 Å². The van der Waals surface area contributed by atoms with E-state index in [1.54, 1.807) is 0 Å². The van der Waals surface area contributed by atoms with Gasteiger partial charge in [0, 0.05) is 30.7 Å². The Morgan fingerprint density at radius 1 is 0.871 bits per heavy atom. The Morgan fingerprint density at radius 2 is 1.48 bits per heavy atom. The number of carbonyl (C=O) groups is 1. The molecule has 31 heavy (non-hydrogen) atoms. The number of benzene rings is 3. The highest BCUT2D eigenvalue weighted by Gasteiger charge is 2.27. The fraction of sp³-hybridized carbons (Fsp3) is 0.259. The highest BCUT2D eigenvalue weighted by atomic mass is 16.5. The number of hydrogen-bond acceptors (Lipinski definition) is 4. The molecule has 0 bridgehead atoms. The molecule has 156 valence electrons. The van der Waals surface area contributed by atoms with Crippen LogP contribution in [0.2, 0.25) is 0 Å². The van der Waals surface area contributed by atoms with Crippen LogP contribution in [0.4, 0.5) is 0 Å². The molecule has 0 atom stereocenters. The molecule has 2 aliphatic rings. The van der Waals surface area contributed by atoms with Crippen LogP contribution in [0.3, 0.4) is 0 Å². The van der Waals surface area contributed by atoms with Gasteiger partial charge in [-0.2, -0.15) is 0 Å². The van der Waals surface area contributed by atoms with E-state index in [9.17, 15) is 4.79 Å². The van der Waals surface area contributed by atoms with Gasteiger partial charge in [0.25, 0.3) is 0 Å². The molecule has 2 aliphatic heterocycles. The van der Waals surface area contributed by atoms with E-state index < -0.39 is 0 Å². The van der Waals surface area contributed by atoms with E-state index in [-0.39, 0.29) is 11.7 Å². The van der Waals surface area contributed by atoms with Crippen LogP contribution in [0, 0.1) is 0 Å². The summed E-state index contributed by atoms with van der Waals surface area (Å²) in [6, 6.07) is 24.1. The van der Waals surface area contributed by atoms with Crippen LogP contribution in [0.15, 0.2) is 77.8 Å². The van der Waals surface area contributed by atoms with Crippen molar-refractivity contribution in [2.75, 3.05) is 19.8 Å². The molecule has 0 radical (unpaired) electrons. The Labute approximate surface area is 182 Å². The molecule has 0 N–H and O–H groups in total. The molecule has 0 aromatic heterocycles. The number of aliphatic imine (C=N–C) groups is 1. The van der Waals surface area contributed by atoms with Crippen molar-refractivity contribution < 1.29 is 14.3 Å². The first kappa shape index (κ1) is 19.6. The van der Waals surface area contributed by atoms with Gasteiger partial charge in [-0.25, -0.2) is 0 Å². The summed E-state index contributed by atoms with van der Waals surface area (Å²) < 4.78 is 11.7. The van der Waals surface area contributed by atoms with Crippen molar-refractivity contribution in [3.8, 4) is 11.5 Å². The second kappa shape index (κ2) is 8.76. The predicted molar refractivity (Wildman–Crippen MR) is 122 cm³/mol. The van der Waals surface area contributed by atoms with E-state index in [0.717, 1.165) is 46.7 Å². The number of hydrogen-bond donors (Lipinski definition) is 0. The largest absolute Gasteiger partial charge is 0.490 e. The quantitative estimate of drug-likeness (QED) is 0.595. The number of Topliss-reactive ketones (excluding diaryl/α,β-unsaturated/α-hetero) is 1. The molecule has 0 saturated carbocycles. The maximum atomic E-state index is 13.6. The Bertz CT molecular complexity index is 1070. The zero-order chi connectivity index (χ0) is 21.0. The van der Waals surface area contributed by atoms with Gasteiger partial charge in [-0.1, -0.05) is 60.7 Å². The minimum absolute atomic E-state index is 0.149. The van der Waals surface area contributed by atoms with Crippen LogP contribution in [0.5, 0.6) is 11.5 Å². The van der Waals surface area contributed by atoms with Gasteiger partial charge < -0.3 is 9.47 Å². The lowest BCUT2D eigenvalue weighted by Crippen LogP contribution is -2.22. The van der Waals surface area contributed by atoms with Gasteiger partial charge in [-0.15, -0.1) is 0 Å². The minimum atomic E-state index is -0.309. The Morgan fingerprint density at radius 3 is 2.13 bits per heavy atom. The zero-order valence-corrected chi connectivity index (χ0v) is 17.4. The number of fused-ring (bicyclic) bond motifs is 2. The van der Waals surface area contributed by atoms with Gasteiger partial charge in [0.05, 0.1) is 19.1 Å². The number of ketones is 1. The molecule has 2 heterocycles. The zero-order valence-electron chi connectivity index (χ0n) is 17.4. The average molecular weight is 412 g/mol. The normalized spacial score (nSPS) is 15.1. The minimum Gasteiger partial charge on any atom is -0.490 e. The lowest BCUT2D eigenvalue weighted by atomic mass is 9.84. The molecule has 3 aromatic carbocycles. The van der Waals surface area contributed by atoms with Crippen LogP contribution in [-0.4, -0.2) is 31.3 Å². The molecule has 4 nitrogen and oxygen atoms in total. The third kappa shape index (κ3) is 4.11. The Hall–Kier alpha value is -3.40. The van der Waals surface area contributed by atoms with Crippen LogP contribution >= 0.6 is 0 Å². The first-order valence-corrected chi connectivity index (χ1v) is 10.9. The topological polar surface area (TPSA) is 47.9 Å². The molecular formula is C27H25NO3. The molecule has 0 spiro atoms. The van der Waals surface area contributed by atoms with Gasteiger partial charge in [0.2, 0.25) is 0 Å². The molecule has 4 heteroatoms. The van der Waals surface area contributed by atoms with Crippen molar-refractivity contribution in [2.24, 2.45) is 4.99 Å². The molecule has 5 rings (SSSR count). The van der Waals surface area contributed by atoms with Gasteiger partial charge in [0.15, 0.2) is 17.3 Å². The van der Waals surface area contributed by atoms with E-state index in [2.05, 4.69) is 6.07 Å². The first-order valence-electron chi connectivity index (χ1n) is 10.9. The van der Waals surface area contributed by atoms with Crippen molar-refractivity contribution in [1.82, 2.24) is 0 Å². The smallest absolute Gasteiger partial charge is 0.161 e. The highest BCUT2D eigenvalue weighted by Crippen LogP contribution is 2.36. The van der Waals surface area contributed by atoms with Gasteiger partial charge in [-0.05, 0) is 35.2 Å². The third-order valence-corrected chi connectivity index (χ3v) is 5.90. The summed E-state index contributed by atoms with van der Waals surface area (Å²) in [7, 11) is 0. The fourth-order valence-corrected chi connectivity index (χ4v) is 4.40. The summed E-state index contributed by atoms with van der Waals surface area (Å²) >= 11 is 0. The van der Waals surface area contributed by atoms with Crippen LogP contribution in [0.25, 0.3) is 0 Å². The fourth-order valence-electron chi connectivity index (χ4n) is 4.40. The lowest BCUT2D eigenvalue weighted by molar-refractivity contribution is -0.118. The molecule has 0 unspecified atom stereocenters. The molecular weight excluding hydrogens is 386 g/mol. The maximum Gasteiger partial charge on any atom is 0.161 e. The second-order valence-electron chi connectivity index (χ2n) is 7.98. The first-order chi connectivity index (χ1) is 15.3. The molecule has 0 amide bonds. The number of ether oxygens (including phenoxy) is 2. The summed E-state index contributed by atoms with van der Waals surface area (Å²) in [4.78, 5) is 18.4. The van der Waals surface area contributed by atoms with Crippen LogP contribution in [0.1, 0.15) is 41.0 Å². The number of nitrogens with zero attached hydrogens (tertiary/aromatic N) is 1. The molecule has 0 saturated heterocycles. The number of rotatable bonds is 5. The van der Waals surface area contributed by atoms with Crippen molar-refractivity contribution in [3.05, 3.63) is 95.1 Å². The highest BCUT2D eigenvalue weighted by molar-refractivity contribution is 6.14. The summed E-state index contributed by atoms with van der Waals surface area (Å²) in [5.74, 6) is 1.39. The van der Waals surface area contributed by atoms with Gasteiger partial charge >= 0.3 is 0 Å². The van der Waals surface area contributed by atoms with E-state index in [1.165, 1.54) is 5.56 Å².